The number of pyridine rings is 1. The maximum Gasteiger partial charge on any atom is 0.226 e. The first kappa shape index (κ1) is 15.7. The third kappa shape index (κ3) is 2.76. The highest BCUT2D eigenvalue weighted by atomic mass is 16.5. The standard InChI is InChI=1S/C19H24N2O4/c22-19(17-13-10-23-11-14(13)17)21-8-16(18-15(21)2-1-7-24-18)25-9-12-3-5-20-6-4-12/h3-6,13-18H,1-2,7-11H2/t13-,14+,15-,16+,17?,18+/m1/s1. The van der Waals surface area contributed by atoms with Gasteiger partial charge in [-0.3, -0.25) is 9.78 Å². The predicted octanol–water partition coefficient (Wildman–Crippen LogP) is 1.25. The molecule has 4 heterocycles. The van der Waals surface area contributed by atoms with Gasteiger partial charge in [-0.2, -0.15) is 0 Å². The maximum absolute atomic E-state index is 13.0. The van der Waals surface area contributed by atoms with E-state index in [0.29, 0.717) is 30.9 Å². The summed E-state index contributed by atoms with van der Waals surface area (Å²) < 4.78 is 17.6. The van der Waals surface area contributed by atoms with Gasteiger partial charge in [0.15, 0.2) is 0 Å². The smallest absolute Gasteiger partial charge is 0.226 e. The van der Waals surface area contributed by atoms with E-state index in [-0.39, 0.29) is 24.2 Å². The molecule has 0 bridgehead atoms. The summed E-state index contributed by atoms with van der Waals surface area (Å²) in [5.41, 5.74) is 1.10. The Morgan fingerprint density at radius 3 is 2.88 bits per heavy atom. The molecule has 4 aliphatic rings. The van der Waals surface area contributed by atoms with Gasteiger partial charge in [-0.05, 0) is 42.4 Å². The van der Waals surface area contributed by atoms with Crippen molar-refractivity contribution in [1.82, 2.24) is 9.88 Å². The van der Waals surface area contributed by atoms with Crippen LogP contribution >= 0.6 is 0 Å². The molecule has 4 fully saturated rings. The van der Waals surface area contributed by atoms with E-state index in [1.165, 1.54) is 0 Å². The minimum absolute atomic E-state index is 0.00868. The molecule has 25 heavy (non-hydrogen) atoms. The van der Waals surface area contributed by atoms with Crippen LogP contribution in [0.15, 0.2) is 24.5 Å². The number of aromatic nitrogens is 1. The molecule has 5 rings (SSSR count). The van der Waals surface area contributed by atoms with Crippen LogP contribution in [0.5, 0.6) is 0 Å². The van der Waals surface area contributed by atoms with Gasteiger partial charge in [0.05, 0.1) is 25.9 Å². The van der Waals surface area contributed by atoms with E-state index in [2.05, 4.69) is 9.88 Å². The molecule has 1 unspecified atom stereocenters. The Balaban J connectivity index is 1.27. The monoisotopic (exact) mass is 344 g/mol. The van der Waals surface area contributed by atoms with E-state index in [9.17, 15) is 4.79 Å². The van der Waals surface area contributed by atoms with Crippen LogP contribution in [0.4, 0.5) is 0 Å². The molecule has 134 valence electrons. The molecule has 0 radical (unpaired) electrons. The molecule has 1 saturated carbocycles. The summed E-state index contributed by atoms with van der Waals surface area (Å²) in [7, 11) is 0. The highest BCUT2D eigenvalue weighted by Crippen LogP contribution is 2.52. The van der Waals surface area contributed by atoms with Gasteiger partial charge in [-0.25, -0.2) is 0 Å². The summed E-state index contributed by atoms with van der Waals surface area (Å²) in [4.78, 5) is 19.1. The van der Waals surface area contributed by atoms with Gasteiger partial charge < -0.3 is 19.1 Å². The van der Waals surface area contributed by atoms with Crippen molar-refractivity contribution in [2.75, 3.05) is 26.4 Å². The van der Waals surface area contributed by atoms with Gasteiger partial charge in [0.25, 0.3) is 0 Å². The molecule has 1 aliphatic carbocycles. The fraction of sp³-hybridized carbons (Fsp3) is 0.684. The third-order valence-electron chi connectivity index (χ3n) is 6.21. The number of fused-ring (bicyclic) bond motifs is 2. The molecule has 1 aromatic rings. The molecule has 3 aliphatic heterocycles. The van der Waals surface area contributed by atoms with Crippen LogP contribution in [0.1, 0.15) is 18.4 Å². The van der Waals surface area contributed by atoms with Crippen LogP contribution in [0, 0.1) is 17.8 Å². The number of hydrogen-bond acceptors (Lipinski definition) is 5. The van der Waals surface area contributed by atoms with Crippen LogP contribution in [-0.2, 0) is 25.6 Å². The lowest BCUT2D eigenvalue weighted by Crippen LogP contribution is -2.44. The summed E-state index contributed by atoms with van der Waals surface area (Å²) >= 11 is 0. The summed E-state index contributed by atoms with van der Waals surface area (Å²) in [6, 6.07) is 4.09. The highest BCUT2D eigenvalue weighted by Gasteiger charge is 2.61. The van der Waals surface area contributed by atoms with Crippen molar-refractivity contribution in [2.24, 2.45) is 17.8 Å². The molecule has 3 saturated heterocycles. The molecular weight excluding hydrogens is 320 g/mol. The minimum atomic E-state index is -0.0442. The van der Waals surface area contributed by atoms with Crippen LogP contribution in [0.25, 0.3) is 0 Å². The van der Waals surface area contributed by atoms with E-state index in [0.717, 1.165) is 38.2 Å². The fourth-order valence-corrected chi connectivity index (χ4v) is 4.79. The van der Waals surface area contributed by atoms with Crippen molar-refractivity contribution in [3.63, 3.8) is 0 Å². The van der Waals surface area contributed by atoms with Crippen molar-refractivity contribution in [1.29, 1.82) is 0 Å². The van der Waals surface area contributed by atoms with Gasteiger partial charge in [0, 0.05) is 31.5 Å². The zero-order chi connectivity index (χ0) is 16.8. The third-order valence-corrected chi connectivity index (χ3v) is 6.21. The molecule has 6 atom stereocenters. The molecule has 6 heteroatoms. The number of rotatable bonds is 4. The molecular formula is C19H24N2O4. The van der Waals surface area contributed by atoms with Crippen LogP contribution in [0.2, 0.25) is 0 Å². The Morgan fingerprint density at radius 1 is 1.28 bits per heavy atom. The maximum atomic E-state index is 13.0. The van der Waals surface area contributed by atoms with Crippen molar-refractivity contribution < 1.29 is 19.0 Å². The summed E-state index contributed by atoms with van der Waals surface area (Å²) in [5.74, 6) is 1.38. The average Bonchev–Trinajstić information content (AvgIpc) is 2.99. The second-order valence-corrected chi connectivity index (χ2v) is 7.63. The minimum Gasteiger partial charge on any atom is -0.381 e. The lowest BCUT2D eigenvalue weighted by Gasteiger charge is -2.32. The molecule has 0 aromatic carbocycles. The number of hydrogen-bond donors (Lipinski definition) is 0. The van der Waals surface area contributed by atoms with E-state index < -0.39 is 0 Å². The first-order valence-corrected chi connectivity index (χ1v) is 9.33. The topological polar surface area (TPSA) is 60.9 Å². The lowest BCUT2D eigenvalue weighted by molar-refractivity contribution is -0.137. The Kier molecular flexibility index (Phi) is 3.99. The van der Waals surface area contributed by atoms with Crippen molar-refractivity contribution in [2.45, 2.75) is 37.7 Å². The van der Waals surface area contributed by atoms with Crippen molar-refractivity contribution in [3.05, 3.63) is 30.1 Å². The van der Waals surface area contributed by atoms with E-state index >= 15 is 0 Å². The Labute approximate surface area is 147 Å². The van der Waals surface area contributed by atoms with E-state index in [4.69, 9.17) is 14.2 Å². The molecule has 6 nitrogen and oxygen atoms in total. The number of nitrogens with zero attached hydrogens (tertiary/aromatic N) is 2. The Hall–Kier alpha value is -1.50. The highest BCUT2D eigenvalue weighted by molar-refractivity contribution is 5.83. The van der Waals surface area contributed by atoms with Gasteiger partial charge in [-0.15, -0.1) is 0 Å². The second-order valence-electron chi connectivity index (χ2n) is 7.63. The van der Waals surface area contributed by atoms with Crippen LogP contribution in [-0.4, -0.2) is 60.4 Å². The normalized spacial score (nSPS) is 39.1. The number of likely N-dealkylation sites (tertiary alicyclic amines) is 1. The number of carbonyl (C=O) groups excluding carboxylic acids is 1. The van der Waals surface area contributed by atoms with Crippen molar-refractivity contribution >= 4 is 5.91 Å². The second kappa shape index (κ2) is 6.34. The quantitative estimate of drug-likeness (QED) is 0.823. The zero-order valence-electron chi connectivity index (χ0n) is 14.3. The summed E-state index contributed by atoms with van der Waals surface area (Å²) in [6.45, 7) is 3.45. The molecule has 1 aromatic heterocycles. The van der Waals surface area contributed by atoms with Crippen molar-refractivity contribution in [3.8, 4) is 0 Å². The molecule has 1 amide bonds. The first-order chi connectivity index (χ1) is 12.3. The predicted molar refractivity (Wildman–Crippen MR) is 88.6 cm³/mol. The first-order valence-electron chi connectivity index (χ1n) is 9.33. The lowest BCUT2D eigenvalue weighted by atomic mass is 10.0. The average molecular weight is 344 g/mol. The van der Waals surface area contributed by atoms with E-state index in [1.807, 2.05) is 12.1 Å². The van der Waals surface area contributed by atoms with Gasteiger partial charge in [0.2, 0.25) is 5.91 Å². The Bertz CT molecular complexity index is 630. The van der Waals surface area contributed by atoms with E-state index in [1.54, 1.807) is 12.4 Å². The summed E-state index contributed by atoms with van der Waals surface area (Å²) in [6.07, 6.45) is 5.55. The SMILES string of the molecule is O=C(C1[C@H]2COC[C@@H]12)N1C[C@H](OCc2ccncc2)[C@H]2OCCC[C@H]21. The summed E-state index contributed by atoms with van der Waals surface area (Å²) in [5, 5.41) is 0. The largest absolute Gasteiger partial charge is 0.381 e. The molecule has 0 spiro atoms. The fourth-order valence-electron chi connectivity index (χ4n) is 4.79. The molecule has 0 N–H and O–H groups in total. The number of ether oxygens (including phenoxy) is 3. The van der Waals surface area contributed by atoms with Gasteiger partial charge in [-0.1, -0.05) is 0 Å². The number of amides is 1. The number of carbonyl (C=O) groups is 1. The van der Waals surface area contributed by atoms with Gasteiger partial charge >= 0.3 is 0 Å². The Morgan fingerprint density at radius 2 is 2.08 bits per heavy atom. The zero-order valence-corrected chi connectivity index (χ0v) is 14.3. The van der Waals surface area contributed by atoms with Crippen LogP contribution in [0.3, 0.4) is 0 Å². The van der Waals surface area contributed by atoms with Gasteiger partial charge in [0.1, 0.15) is 12.2 Å². The van der Waals surface area contributed by atoms with Crippen LogP contribution < -0.4 is 0 Å².